The van der Waals surface area contributed by atoms with E-state index < -0.39 is 12.1 Å². The van der Waals surface area contributed by atoms with Crippen molar-refractivity contribution in [3.05, 3.63) is 12.7 Å². The van der Waals surface area contributed by atoms with E-state index in [-0.39, 0.29) is 6.54 Å². The van der Waals surface area contributed by atoms with Crippen molar-refractivity contribution < 1.29 is 18.0 Å². The Morgan fingerprint density at radius 3 is 2.45 bits per heavy atom. The number of nitrogens with one attached hydrogen (secondary N) is 1. The van der Waals surface area contributed by atoms with E-state index in [1.54, 1.807) is 5.32 Å². The summed E-state index contributed by atoms with van der Waals surface area (Å²) in [6, 6.07) is 0. The van der Waals surface area contributed by atoms with E-state index in [0.717, 1.165) is 0 Å². The highest BCUT2D eigenvalue weighted by Gasteiger charge is 2.37. The van der Waals surface area contributed by atoms with E-state index in [1.165, 1.54) is 6.08 Å². The second-order valence-corrected chi connectivity index (χ2v) is 1.83. The second kappa shape index (κ2) is 4.00. The Kier molecular flexibility index (Phi) is 3.64. The van der Waals surface area contributed by atoms with Gasteiger partial charge in [-0.05, 0) is 6.42 Å². The zero-order valence-electron chi connectivity index (χ0n) is 5.74. The summed E-state index contributed by atoms with van der Waals surface area (Å²) in [6.07, 6.45) is -3.01. The molecule has 2 nitrogen and oxygen atoms in total. The summed E-state index contributed by atoms with van der Waals surface area (Å²) in [4.78, 5) is 10.1. The van der Waals surface area contributed by atoms with Crippen molar-refractivity contribution in [3.63, 3.8) is 0 Å². The Bertz CT molecular complexity index is 152. The molecule has 0 atom stereocenters. The molecule has 0 unspecified atom stereocenters. The minimum absolute atomic E-state index is 0.0259. The lowest BCUT2D eigenvalue weighted by Gasteiger charge is -2.05. The predicted molar refractivity (Wildman–Crippen MR) is 33.9 cm³/mol. The van der Waals surface area contributed by atoms with Crippen molar-refractivity contribution in [2.75, 3.05) is 6.54 Å². The number of amides is 1. The zero-order valence-corrected chi connectivity index (χ0v) is 5.74. The van der Waals surface area contributed by atoms with Gasteiger partial charge in [0.05, 0.1) is 0 Å². The normalized spacial score (nSPS) is 10.8. The molecule has 64 valence electrons. The van der Waals surface area contributed by atoms with Gasteiger partial charge in [0.2, 0.25) is 0 Å². The Hall–Kier alpha value is -1.00. The third-order valence-corrected chi connectivity index (χ3v) is 0.891. The highest BCUT2D eigenvalue weighted by Crippen LogP contribution is 2.13. The molecule has 0 saturated carbocycles. The zero-order chi connectivity index (χ0) is 8.91. The van der Waals surface area contributed by atoms with Crippen molar-refractivity contribution in [2.24, 2.45) is 0 Å². The molecule has 0 heterocycles. The standard InChI is InChI=1S/C6H8F3NO/c1-2-3-4-10-5(11)6(7,8)9/h2H,1,3-4H2,(H,10,11). The number of rotatable bonds is 3. The summed E-state index contributed by atoms with van der Waals surface area (Å²) < 4.78 is 34.3. The van der Waals surface area contributed by atoms with E-state index in [9.17, 15) is 18.0 Å². The lowest BCUT2D eigenvalue weighted by atomic mass is 10.4. The molecule has 0 rings (SSSR count). The van der Waals surface area contributed by atoms with Gasteiger partial charge in [0.1, 0.15) is 0 Å². The van der Waals surface area contributed by atoms with Crippen LogP contribution in [0, 0.1) is 0 Å². The minimum atomic E-state index is -4.78. The van der Waals surface area contributed by atoms with Gasteiger partial charge in [-0.15, -0.1) is 6.58 Å². The Labute approximate surface area is 62.1 Å². The van der Waals surface area contributed by atoms with Gasteiger partial charge in [-0.3, -0.25) is 4.79 Å². The van der Waals surface area contributed by atoms with Crippen LogP contribution in [-0.4, -0.2) is 18.6 Å². The van der Waals surface area contributed by atoms with Crippen LogP contribution in [0.1, 0.15) is 6.42 Å². The van der Waals surface area contributed by atoms with E-state index in [4.69, 9.17) is 0 Å². The fourth-order valence-electron chi connectivity index (χ4n) is 0.388. The summed E-state index contributed by atoms with van der Waals surface area (Å²) in [5.74, 6) is -1.90. The SMILES string of the molecule is C=CCCNC(=O)C(F)(F)F. The second-order valence-electron chi connectivity index (χ2n) is 1.83. The van der Waals surface area contributed by atoms with Gasteiger partial charge < -0.3 is 5.32 Å². The van der Waals surface area contributed by atoms with Crippen LogP contribution in [0.3, 0.4) is 0 Å². The van der Waals surface area contributed by atoms with Crippen LogP contribution < -0.4 is 5.32 Å². The molecule has 0 aliphatic carbocycles. The number of carbonyl (C=O) groups is 1. The summed E-state index contributed by atoms with van der Waals surface area (Å²) in [5.41, 5.74) is 0. The fraction of sp³-hybridized carbons (Fsp3) is 0.500. The van der Waals surface area contributed by atoms with Gasteiger partial charge in [0.15, 0.2) is 0 Å². The van der Waals surface area contributed by atoms with Gasteiger partial charge in [-0.1, -0.05) is 6.08 Å². The maximum absolute atomic E-state index is 11.4. The molecule has 0 bridgehead atoms. The van der Waals surface area contributed by atoms with E-state index >= 15 is 0 Å². The van der Waals surface area contributed by atoms with Crippen LogP contribution in [0.15, 0.2) is 12.7 Å². The monoisotopic (exact) mass is 167 g/mol. The number of halogens is 3. The lowest BCUT2D eigenvalue weighted by Crippen LogP contribution is -2.37. The quantitative estimate of drug-likeness (QED) is 0.497. The van der Waals surface area contributed by atoms with Crippen LogP contribution in [0.2, 0.25) is 0 Å². The third kappa shape index (κ3) is 4.41. The maximum Gasteiger partial charge on any atom is 0.471 e. The molecule has 0 fully saturated rings. The summed E-state index contributed by atoms with van der Waals surface area (Å²) >= 11 is 0. The molecule has 1 amide bonds. The van der Waals surface area contributed by atoms with Gasteiger partial charge in [0.25, 0.3) is 0 Å². The molecule has 0 aromatic heterocycles. The van der Waals surface area contributed by atoms with Crippen molar-refractivity contribution in [1.82, 2.24) is 5.32 Å². The molecule has 1 N–H and O–H groups in total. The number of carbonyl (C=O) groups excluding carboxylic acids is 1. The molecule has 0 aliphatic rings. The molecular formula is C6H8F3NO. The number of hydrogen-bond donors (Lipinski definition) is 1. The molecule has 0 radical (unpaired) electrons. The van der Waals surface area contributed by atoms with E-state index in [0.29, 0.717) is 6.42 Å². The van der Waals surface area contributed by atoms with Gasteiger partial charge in [-0.25, -0.2) is 0 Å². The average molecular weight is 167 g/mol. The molecule has 0 saturated heterocycles. The summed E-state index contributed by atoms with van der Waals surface area (Å²) in [5, 5.41) is 1.69. The Morgan fingerprint density at radius 1 is 1.55 bits per heavy atom. The smallest absolute Gasteiger partial charge is 0.348 e. The van der Waals surface area contributed by atoms with Crippen molar-refractivity contribution in [3.8, 4) is 0 Å². The van der Waals surface area contributed by atoms with E-state index in [1.807, 2.05) is 0 Å². The van der Waals surface area contributed by atoms with Gasteiger partial charge in [-0.2, -0.15) is 13.2 Å². The molecule has 5 heteroatoms. The molecule has 0 spiro atoms. The molecular weight excluding hydrogens is 159 g/mol. The topological polar surface area (TPSA) is 29.1 Å². The summed E-state index contributed by atoms with van der Waals surface area (Å²) in [6.45, 7) is 3.26. The van der Waals surface area contributed by atoms with Crippen LogP contribution in [0.25, 0.3) is 0 Å². The third-order valence-electron chi connectivity index (χ3n) is 0.891. The van der Waals surface area contributed by atoms with Crippen LogP contribution >= 0.6 is 0 Å². The summed E-state index contributed by atoms with van der Waals surface area (Å²) in [7, 11) is 0. The first-order valence-electron chi connectivity index (χ1n) is 2.94. The highest BCUT2D eigenvalue weighted by atomic mass is 19.4. The Balaban J connectivity index is 3.62. The van der Waals surface area contributed by atoms with Crippen LogP contribution in [0.5, 0.6) is 0 Å². The molecule has 0 aromatic carbocycles. The fourth-order valence-corrected chi connectivity index (χ4v) is 0.388. The maximum atomic E-state index is 11.4. The van der Waals surface area contributed by atoms with Gasteiger partial charge in [0, 0.05) is 6.54 Å². The first-order valence-corrected chi connectivity index (χ1v) is 2.94. The van der Waals surface area contributed by atoms with Crippen LogP contribution in [-0.2, 0) is 4.79 Å². The number of alkyl halides is 3. The Morgan fingerprint density at radius 2 is 2.09 bits per heavy atom. The molecule has 11 heavy (non-hydrogen) atoms. The van der Waals surface area contributed by atoms with Gasteiger partial charge >= 0.3 is 12.1 Å². The highest BCUT2D eigenvalue weighted by molar-refractivity contribution is 5.81. The molecule has 0 aliphatic heterocycles. The molecule has 0 aromatic rings. The van der Waals surface area contributed by atoms with E-state index in [2.05, 4.69) is 6.58 Å². The van der Waals surface area contributed by atoms with Crippen LogP contribution in [0.4, 0.5) is 13.2 Å². The first-order chi connectivity index (χ1) is 4.98. The van der Waals surface area contributed by atoms with Crippen molar-refractivity contribution in [2.45, 2.75) is 12.6 Å². The van der Waals surface area contributed by atoms with Crippen molar-refractivity contribution in [1.29, 1.82) is 0 Å². The largest absolute Gasteiger partial charge is 0.471 e. The first kappa shape index (κ1) is 10.0. The average Bonchev–Trinajstić information content (AvgIpc) is 1.86. The van der Waals surface area contributed by atoms with Crippen molar-refractivity contribution >= 4 is 5.91 Å². The predicted octanol–water partition coefficient (Wildman–Crippen LogP) is 1.24. The lowest BCUT2D eigenvalue weighted by molar-refractivity contribution is -0.173. The minimum Gasteiger partial charge on any atom is -0.348 e. The number of hydrogen-bond acceptors (Lipinski definition) is 1.